The van der Waals surface area contributed by atoms with Crippen LogP contribution in [0.3, 0.4) is 0 Å². The molecular weight excluding hydrogens is 450 g/mol. The summed E-state index contributed by atoms with van der Waals surface area (Å²) in [4.78, 5) is 15.6. The third-order valence-corrected chi connectivity index (χ3v) is 6.92. The first-order valence-electron chi connectivity index (χ1n) is 12.3. The summed E-state index contributed by atoms with van der Waals surface area (Å²) in [5.41, 5.74) is 6.76. The van der Waals surface area contributed by atoms with E-state index in [0.717, 1.165) is 27.9 Å². The second-order valence-corrected chi connectivity index (χ2v) is 9.39. The number of nitrogens with zero attached hydrogens (tertiary/aromatic N) is 2. The second kappa shape index (κ2) is 9.90. The molecule has 1 amide bonds. The van der Waals surface area contributed by atoms with E-state index in [1.165, 1.54) is 5.56 Å². The molecule has 1 atom stereocenters. The molecule has 6 nitrogen and oxygen atoms in total. The van der Waals surface area contributed by atoms with Crippen molar-refractivity contribution in [1.29, 1.82) is 0 Å². The zero-order valence-electron chi connectivity index (χ0n) is 21.1. The van der Waals surface area contributed by atoms with Gasteiger partial charge in [-0.05, 0) is 41.2 Å². The van der Waals surface area contributed by atoms with Crippen molar-refractivity contribution in [2.24, 2.45) is 0 Å². The second-order valence-electron chi connectivity index (χ2n) is 9.39. The summed E-state index contributed by atoms with van der Waals surface area (Å²) >= 11 is 0. The fourth-order valence-corrected chi connectivity index (χ4v) is 4.94. The van der Waals surface area contributed by atoms with E-state index in [4.69, 9.17) is 9.47 Å². The van der Waals surface area contributed by atoms with Crippen molar-refractivity contribution in [3.63, 3.8) is 0 Å². The Morgan fingerprint density at radius 2 is 1.67 bits per heavy atom. The number of carbonyl (C=O) groups excluding carboxylic acids is 1. The molecule has 0 saturated carbocycles. The monoisotopic (exact) mass is 481 g/mol. The van der Waals surface area contributed by atoms with E-state index < -0.39 is 0 Å². The van der Waals surface area contributed by atoms with Crippen LogP contribution in [0.1, 0.15) is 58.5 Å². The van der Waals surface area contributed by atoms with E-state index in [9.17, 15) is 4.79 Å². The number of hydrogen-bond acceptors (Lipinski definition) is 4. The minimum Gasteiger partial charge on any atom is -0.493 e. The molecule has 0 saturated heterocycles. The highest BCUT2D eigenvalue weighted by molar-refractivity contribution is 6.00. The predicted molar refractivity (Wildman–Crippen MR) is 141 cm³/mol. The first kappa shape index (κ1) is 23.7. The van der Waals surface area contributed by atoms with Crippen molar-refractivity contribution in [2.75, 3.05) is 20.8 Å². The fourth-order valence-electron chi connectivity index (χ4n) is 4.94. The summed E-state index contributed by atoms with van der Waals surface area (Å²) in [7, 11) is 3.26. The SMILES string of the molecule is COc1ccc(CCN2C(=O)c3[nH]nc(-c4ccccc4)c3C2c2ccc(C(C)C)cc2)cc1OC. The lowest BCUT2D eigenvalue weighted by Crippen LogP contribution is -2.31. The molecule has 3 aromatic carbocycles. The third kappa shape index (κ3) is 4.24. The van der Waals surface area contributed by atoms with Crippen molar-refractivity contribution in [2.45, 2.75) is 32.2 Å². The topological polar surface area (TPSA) is 67.5 Å². The van der Waals surface area contributed by atoms with E-state index in [0.29, 0.717) is 36.1 Å². The maximum Gasteiger partial charge on any atom is 0.273 e. The zero-order valence-corrected chi connectivity index (χ0v) is 21.1. The van der Waals surface area contributed by atoms with Gasteiger partial charge in [-0.2, -0.15) is 5.10 Å². The molecule has 0 radical (unpaired) electrons. The lowest BCUT2D eigenvalue weighted by Gasteiger charge is -2.27. The largest absolute Gasteiger partial charge is 0.493 e. The zero-order chi connectivity index (χ0) is 25.2. The standard InChI is InChI=1S/C30H31N3O3/c1-19(2)21-11-13-23(14-12-21)29-26-27(22-8-6-5-7-9-22)31-32-28(26)30(34)33(29)17-16-20-10-15-24(35-3)25(18-20)36-4/h5-15,18-19,29H,16-17H2,1-4H3,(H,31,32). The fraction of sp³-hybridized carbons (Fsp3) is 0.267. The summed E-state index contributed by atoms with van der Waals surface area (Å²) in [5.74, 6) is 1.78. The first-order chi connectivity index (χ1) is 17.5. The highest BCUT2D eigenvalue weighted by atomic mass is 16.5. The normalized spacial score (nSPS) is 14.9. The smallest absolute Gasteiger partial charge is 0.273 e. The molecule has 184 valence electrons. The molecule has 36 heavy (non-hydrogen) atoms. The number of ether oxygens (including phenoxy) is 2. The number of rotatable bonds is 8. The van der Waals surface area contributed by atoms with Crippen LogP contribution in [0, 0.1) is 0 Å². The van der Waals surface area contributed by atoms with Crippen LogP contribution in [0.15, 0.2) is 72.8 Å². The van der Waals surface area contributed by atoms with Crippen molar-refractivity contribution in [3.8, 4) is 22.8 Å². The van der Waals surface area contributed by atoms with Gasteiger partial charge < -0.3 is 14.4 Å². The molecule has 4 aromatic rings. The molecule has 1 aromatic heterocycles. The van der Waals surface area contributed by atoms with Gasteiger partial charge in [-0.15, -0.1) is 0 Å². The predicted octanol–water partition coefficient (Wildman–Crippen LogP) is 6.01. The van der Waals surface area contributed by atoms with Crippen LogP contribution in [0.2, 0.25) is 0 Å². The number of carbonyl (C=O) groups is 1. The van der Waals surface area contributed by atoms with Gasteiger partial charge in [0.05, 0.1) is 26.0 Å². The van der Waals surface area contributed by atoms with Gasteiger partial charge in [0.2, 0.25) is 0 Å². The molecule has 2 heterocycles. The van der Waals surface area contributed by atoms with Crippen molar-refractivity contribution in [1.82, 2.24) is 15.1 Å². The number of fused-ring (bicyclic) bond motifs is 1. The minimum atomic E-state index is -0.220. The summed E-state index contributed by atoms with van der Waals surface area (Å²) in [6, 6.07) is 24.3. The Hall–Kier alpha value is -4.06. The number of nitrogens with one attached hydrogen (secondary N) is 1. The van der Waals surface area contributed by atoms with E-state index >= 15 is 0 Å². The van der Waals surface area contributed by atoms with Crippen molar-refractivity contribution in [3.05, 3.63) is 101 Å². The van der Waals surface area contributed by atoms with Gasteiger partial charge in [0.25, 0.3) is 5.91 Å². The number of hydrogen-bond donors (Lipinski definition) is 1. The summed E-state index contributed by atoms with van der Waals surface area (Å²) in [6.45, 7) is 4.93. The van der Waals surface area contributed by atoms with E-state index in [2.05, 4.69) is 48.3 Å². The number of benzene rings is 3. The van der Waals surface area contributed by atoms with Crippen molar-refractivity contribution < 1.29 is 14.3 Å². The highest BCUT2D eigenvalue weighted by Crippen LogP contribution is 2.43. The Kier molecular flexibility index (Phi) is 6.51. The molecule has 0 fully saturated rings. The van der Waals surface area contributed by atoms with Crippen LogP contribution in [0.5, 0.6) is 11.5 Å². The molecule has 0 aliphatic carbocycles. The lowest BCUT2D eigenvalue weighted by atomic mass is 9.93. The van der Waals surface area contributed by atoms with Crippen LogP contribution in [-0.2, 0) is 6.42 Å². The van der Waals surface area contributed by atoms with Gasteiger partial charge in [0.1, 0.15) is 5.69 Å². The Bertz CT molecular complexity index is 1360. The number of H-pyrrole nitrogens is 1. The van der Waals surface area contributed by atoms with Crippen LogP contribution >= 0.6 is 0 Å². The Morgan fingerprint density at radius 3 is 2.33 bits per heavy atom. The number of aromatic nitrogens is 2. The minimum absolute atomic E-state index is 0.0295. The number of aromatic amines is 1. The van der Waals surface area contributed by atoms with Gasteiger partial charge >= 0.3 is 0 Å². The molecule has 1 aliphatic heterocycles. The van der Waals surface area contributed by atoms with E-state index in [-0.39, 0.29) is 11.9 Å². The number of amides is 1. The summed E-state index contributed by atoms with van der Waals surface area (Å²) in [5, 5.41) is 7.62. The van der Waals surface area contributed by atoms with E-state index in [1.54, 1.807) is 14.2 Å². The summed E-state index contributed by atoms with van der Waals surface area (Å²) < 4.78 is 10.8. The summed E-state index contributed by atoms with van der Waals surface area (Å²) in [6.07, 6.45) is 0.686. The van der Waals surface area contributed by atoms with Crippen LogP contribution in [0.4, 0.5) is 0 Å². The average molecular weight is 482 g/mol. The van der Waals surface area contributed by atoms with Gasteiger partial charge in [-0.1, -0.05) is 74.5 Å². The maximum absolute atomic E-state index is 13.7. The van der Waals surface area contributed by atoms with Crippen LogP contribution in [0.25, 0.3) is 11.3 Å². The van der Waals surface area contributed by atoms with Gasteiger partial charge in [0, 0.05) is 17.7 Å². The molecule has 0 spiro atoms. The molecule has 5 rings (SSSR count). The quantitative estimate of drug-likeness (QED) is 0.335. The average Bonchev–Trinajstić information content (AvgIpc) is 3.46. The molecule has 0 bridgehead atoms. The van der Waals surface area contributed by atoms with Gasteiger partial charge in [-0.25, -0.2) is 0 Å². The lowest BCUT2D eigenvalue weighted by molar-refractivity contribution is 0.0746. The first-order valence-corrected chi connectivity index (χ1v) is 12.3. The van der Waals surface area contributed by atoms with E-state index in [1.807, 2.05) is 53.4 Å². The highest BCUT2D eigenvalue weighted by Gasteiger charge is 2.41. The van der Waals surface area contributed by atoms with Crippen LogP contribution < -0.4 is 9.47 Å². The van der Waals surface area contributed by atoms with Crippen molar-refractivity contribution >= 4 is 5.91 Å². The number of methoxy groups -OCH3 is 2. The Balaban J connectivity index is 1.52. The molecule has 1 N–H and O–H groups in total. The van der Waals surface area contributed by atoms with Crippen LogP contribution in [-0.4, -0.2) is 41.8 Å². The molecule has 6 heteroatoms. The molecule has 1 unspecified atom stereocenters. The molecule has 1 aliphatic rings. The van der Waals surface area contributed by atoms with Gasteiger partial charge in [-0.3, -0.25) is 9.89 Å². The van der Waals surface area contributed by atoms with Gasteiger partial charge in [0.15, 0.2) is 11.5 Å². The molecular formula is C30H31N3O3. The Morgan fingerprint density at radius 1 is 0.944 bits per heavy atom. The maximum atomic E-state index is 13.7. The third-order valence-electron chi connectivity index (χ3n) is 6.92. The Labute approximate surface area is 211 Å².